The molecule has 0 spiro atoms. The van der Waals surface area contributed by atoms with E-state index in [9.17, 15) is 9.59 Å². The molecule has 1 unspecified atom stereocenters. The highest BCUT2D eigenvalue weighted by Crippen LogP contribution is 2.31. The van der Waals surface area contributed by atoms with Crippen LogP contribution in [0.15, 0.2) is 24.3 Å². The van der Waals surface area contributed by atoms with Crippen molar-refractivity contribution >= 4 is 17.5 Å². The number of anilines is 1. The second kappa shape index (κ2) is 7.08. The van der Waals surface area contributed by atoms with Gasteiger partial charge in [0.25, 0.3) is 0 Å². The van der Waals surface area contributed by atoms with Crippen LogP contribution < -0.4 is 15.0 Å². The molecule has 1 aromatic carbocycles. The maximum Gasteiger partial charge on any atom is 0.227 e. The number of ether oxygens (including phenoxy) is 1. The summed E-state index contributed by atoms with van der Waals surface area (Å²) >= 11 is 0. The molecule has 1 aliphatic rings. The Balaban J connectivity index is 1.91. The smallest absolute Gasteiger partial charge is 0.227 e. The van der Waals surface area contributed by atoms with E-state index in [2.05, 4.69) is 5.32 Å². The van der Waals surface area contributed by atoms with Crippen molar-refractivity contribution in [2.75, 3.05) is 24.7 Å². The van der Waals surface area contributed by atoms with E-state index in [1.54, 1.807) is 11.8 Å². The van der Waals surface area contributed by atoms with Crippen LogP contribution in [0.1, 0.15) is 19.8 Å². The molecule has 1 heterocycles. The molecular formula is C15H20N2O4. The summed E-state index contributed by atoms with van der Waals surface area (Å²) in [6.45, 7) is 2.54. The van der Waals surface area contributed by atoms with Gasteiger partial charge in [0.15, 0.2) is 0 Å². The lowest BCUT2D eigenvalue weighted by Gasteiger charge is -2.29. The topological polar surface area (TPSA) is 78.9 Å². The fourth-order valence-electron chi connectivity index (χ4n) is 2.18. The number of aliphatic hydroxyl groups excluding tert-OH is 1. The first kappa shape index (κ1) is 15.3. The Kier molecular flexibility index (Phi) is 5.16. The van der Waals surface area contributed by atoms with Gasteiger partial charge in [-0.25, -0.2) is 0 Å². The van der Waals surface area contributed by atoms with Gasteiger partial charge in [-0.05, 0) is 19.1 Å². The molecule has 1 atom stereocenters. The minimum Gasteiger partial charge on any atom is -0.490 e. The van der Waals surface area contributed by atoms with Crippen molar-refractivity contribution < 1.29 is 19.4 Å². The summed E-state index contributed by atoms with van der Waals surface area (Å²) in [6.07, 6.45) is 0.251. The number of carbonyl (C=O) groups excluding carboxylic acids is 2. The maximum atomic E-state index is 12.3. The van der Waals surface area contributed by atoms with E-state index in [4.69, 9.17) is 9.84 Å². The van der Waals surface area contributed by atoms with Gasteiger partial charge in [0.1, 0.15) is 12.4 Å². The highest BCUT2D eigenvalue weighted by atomic mass is 16.5. The number of fused-ring (bicyclic) bond motifs is 1. The highest BCUT2D eigenvalue weighted by molar-refractivity contribution is 5.97. The zero-order valence-electron chi connectivity index (χ0n) is 12.0. The maximum absolute atomic E-state index is 12.3. The van der Waals surface area contributed by atoms with Crippen LogP contribution in [-0.4, -0.2) is 42.7 Å². The molecule has 1 aromatic rings. The molecule has 2 rings (SSSR count). The van der Waals surface area contributed by atoms with E-state index in [1.165, 1.54) is 0 Å². The molecule has 0 aliphatic carbocycles. The first-order valence-electron chi connectivity index (χ1n) is 7.04. The molecule has 6 nitrogen and oxygen atoms in total. The Bertz CT molecular complexity index is 518. The number of hydrogen-bond donors (Lipinski definition) is 2. The molecule has 21 heavy (non-hydrogen) atoms. The quantitative estimate of drug-likeness (QED) is 0.837. The van der Waals surface area contributed by atoms with E-state index in [0.29, 0.717) is 18.9 Å². The van der Waals surface area contributed by atoms with Gasteiger partial charge in [0, 0.05) is 18.9 Å². The minimum absolute atomic E-state index is 0.0995. The molecule has 0 bridgehead atoms. The third-order valence-electron chi connectivity index (χ3n) is 3.28. The molecule has 2 N–H and O–H groups in total. The SMILES string of the molecule is CC(CO)NC(=O)CCC(=O)N1CCOc2ccccc21. The number of nitrogens with zero attached hydrogens (tertiary/aromatic N) is 1. The lowest BCUT2D eigenvalue weighted by atomic mass is 10.2. The van der Waals surface area contributed by atoms with Crippen molar-refractivity contribution in [1.82, 2.24) is 5.32 Å². The number of nitrogens with one attached hydrogen (secondary N) is 1. The van der Waals surface area contributed by atoms with Crippen molar-refractivity contribution in [3.8, 4) is 5.75 Å². The van der Waals surface area contributed by atoms with Gasteiger partial charge in [-0.1, -0.05) is 12.1 Å². The Labute approximate surface area is 123 Å². The molecule has 6 heteroatoms. The Hall–Kier alpha value is -2.08. The van der Waals surface area contributed by atoms with Crippen molar-refractivity contribution in [3.63, 3.8) is 0 Å². The standard InChI is InChI=1S/C15H20N2O4/c1-11(10-18)16-14(19)6-7-15(20)17-8-9-21-13-5-3-2-4-12(13)17/h2-5,11,18H,6-10H2,1H3,(H,16,19). The fourth-order valence-corrected chi connectivity index (χ4v) is 2.18. The summed E-state index contributed by atoms with van der Waals surface area (Å²) in [5.41, 5.74) is 0.748. The number of rotatable bonds is 5. The fraction of sp³-hybridized carbons (Fsp3) is 0.467. The summed E-state index contributed by atoms with van der Waals surface area (Å²) in [7, 11) is 0. The first-order chi connectivity index (χ1) is 10.1. The van der Waals surface area contributed by atoms with Crippen LogP contribution in [0.5, 0.6) is 5.75 Å². The number of carbonyl (C=O) groups is 2. The molecule has 0 radical (unpaired) electrons. The Morgan fingerprint density at radius 1 is 1.38 bits per heavy atom. The average molecular weight is 292 g/mol. The van der Waals surface area contributed by atoms with Crippen LogP contribution >= 0.6 is 0 Å². The lowest BCUT2D eigenvalue weighted by Crippen LogP contribution is -2.39. The van der Waals surface area contributed by atoms with Crippen LogP contribution in [0.2, 0.25) is 0 Å². The number of para-hydroxylation sites is 2. The predicted molar refractivity (Wildman–Crippen MR) is 78.2 cm³/mol. The number of amides is 2. The van der Waals surface area contributed by atoms with Gasteiger partial charge >= 0.3 is 0 Å². The number of aliphatic hydroxyl groups is 1. The van der Waals surface area contributed by atoms with Crippen molar-refractivity contribution in [2.24, 2.45) is 0 Å². The van der Waals surface area contributed by atoms with Gasteiger partial charge in [-0.2, -0.15) is 0 Å². The van der Waals surface area contributed by atoms with Crippen LogP contribution in [0.3, 0.4) is 0 Å². The van der Waals surface area contributed by atoms with Crippen molar-refractivity contribution in [2.45, 2.75) is 25.8 Å². The average Bonchev–Trinajstić information content (AvgIpc) is 2.51. The molecular weight excluding hydrogens is 272 g/mol. The number of hydrogen-bond acceptors (Lipinski definition) is 4. The normalized spacial score (nSPS) is 14.9. The van der Waals surface area contributed by atoms with Crippen molar-refractivity contribution in [3.05, 3.63) is 24.3 Å². The molecule has 114 valence electrons. The van der Waals surface area contributed by atoms with Gasteiger partial charge in [-0.3, -0.25) is 9.59 Å². The van der Waals surface area contributed by atoms with Gasteiger partial charge < -0.3 is 20.1 Å². The Morgan fingerprint density at radius 2 is 2.14 bits per heavy atom. The molecule has 0 saturated heterocycles. The lowest BCUT2D eigenvalue weighted by molar-refractivity contribution is -0.125. The minimum atomic E-state index is -0.295. The molecule has 0 fully saturated rings. The summed E-state index contributed by atoms with van der Waals surface area (Å²) in [5.74, 6) is 0.361. The first-order valence-corrected chi connectivity index (χ1v) is 7.04. The van der Waals surface area contributed by atoms with Crippen LogP contribution in [0.4, 0.5) is 5.69 Å². The van der Waals surface area contributed by atoms with Crippen molar-refractivity contribution in [1.29, 1.82) is 0 Å². The Morgan fingerprint density at radius 3 is 2.90 bits per heavy atom. The molecule has 2 amide bonds. The van der Waals surface area contributed by atoms with Crippen LogP contribution in [0.25, 0.3) is 0 Å². The summed E-state index contributed by atoms with van der Waals surface area (Å²) in [4.78, 5) is 25.5. The highest BCUT2D eigenvalue weighted by Gasteiger charge is 2.23. The monoisotopic (exact) mass is 292 g/mol. The largest absolute Gasteiger partial charge is 0.490 e. The molecule has 0 aromatic heterocycles. The van der Waals surface area contributed by atoms with Gasteiger partial charge in [-0.15, -0.1) is 0 Å². The van der Waals surface area contributed by atoms with E-state index < -0.39 is 0 Å². The van der Waals surface area contributed by atoms with E-state index in [0.717, 1.165) is 5.69 Å². The zero-order valence-corrected chi connectivity index (χ0v) is 12.0. The summed E-state index contributed by atoms with van der Waals surface area (Å²) in [5, 5.41) is 11.5. The second-order valence-electron chi connectivity index (χ2n) is 5.01. The molecule has 0 saturated carbocycles. The van der Waals surface area contributed by atoms with Gasteiger partial charge in [0.2, 0.25) is 11.8 Å². The number of benzene rings is 1. The third-order valence-corrected chi connectivity index (χ3v) is 3.28. The van der Waals surface area contributed by atoms with E-state index in [1.807, 2.05) is 24.3 Å². The van der Waals surface area contributed by atoms with Crippen LogP contribution in [-0.2, 0) is 9.59 Å². The third kappa shape index (κ3) is 3.95. The summed E-state index contributed by atoms with van der Waals surface area (Å²) < 4.78 is 5.50. The predicted octanol–water partition coefficient (Wildman–Crippen LogP) is 0.689. The van der Waals surface area contributed by atoms with E-state index >= 15 is 0 Å². The second-order valence-corrected chi connectivity index (χ2v) is 5.01. The zero-order chi connectivity index (χ0) is 15.2. The molecule has 1 aliphatic heterocycles. The van der Waals surface area contributed by atoms with Crippen LogP contribution in [0, 0.1) is 0 Å². The summed E-state index contributed by atoms with van der Waals surface area (Å²) in [6, 6.07) is 7.07. The van der Waals surface area contributed by atoms with E-state index in [-0.39, 0.29) is 37.3 Å². The van der Waals surface area contributed by atoms with Gasteiger partial charge in [0.05, 0.1) is 18.8 Å².